The normalized spacial score (nSPS) is 10.1. The summed E-state index contributed by atoms with van der Waals surface area (Å²) in [7, 11) is 0. The zero-order valence-corrected chi connectivity index (χ0v) is 11.2. The highest BCUT2D eigenvalue weighted by Crippen LogP contribution is 2.28. The first kappa shape index (κ1) is 11.5. The van der Waals surface area contributed by atoms with Gasteiger partial charge in [-0.2, -0.15) is 0 Å². The van der Waals surface area contributed by atoms with Gasteiger partial charge in [0.05, 0.1) is 3.57 Å². The topological polar surface area (TPSA) is 35.2 Å². The smallest absolute Gasteiger partial charge is 0.140 e. The van der Waals surface area contributed by atoms with Gasteiger partial charge < -0.3 is 10.5 Å². The number of halogens is 2. The van der Waals surface area contributed by atoms with Crippen molar-refractivity contribution in [1.82, 2.24) is 0 Å². The molecule has 4 heteroatoms. The number of anilines is 1. The Morgan fingerprint density at radius 3 is 2.38 bits per heavy atom. The predicted octanol–water partition coefficient (Wildman–Crippen LogP) is 4.32. The van der Waals surface area contributed by atoms with Crippen LogP contribution in [-0.2, 0) is 0 Å². The fraction of sp³-hybridized carbons (Fsp3) is 0. The van der Waals surface area contributed by atoms with E-state index < -0.39 is 0 Å². The second-order valence-electron chi connectivity index (χ2n) is 3.25. The van der Waals surface area contributed by atoms with E-state index in [1.54, 1.807) is 12.1 Å². The van der Waals surface area contributed by atoms with Crippen molar-refractivity contribution in [3.63, 3.8) is 0 Å². The molecule has 0 saturated carbocycles. The van der Waals surface area contributed by atoms with Crippen molar-refractivity contribution in [2.75, 3.05) is 5.73 Å². The standard InChI is InChI=1S/C12H9ClINO/c13-8-1-4-10(5-2-8)16-12-6-3-9(15)7-11(12)14/h1-7H,15H2. The number of benzene rings is 2. The fourth-order valence-electron chi connectivity index (χ4n) is 1.23. The largest absolute Gasteiger partial charge is 0.456 e. The first-order chi connectivity index (χ1) is 7.65. The molecule has 0 bridgehead atoms. The first-order valence-electron chi connectivity index (χ1n) is 4.63. The fourth-order valence-corrected chi connectivity index (χ4v) is 2.00. The van der Waals surface area contributed by atoms with Crippen molar-refractivity contribution in [1.29, 1.82) is 0 Å². The van der Waals surface area contributed by atoms with Gasteiger partial charge in [0, 0.05) is 10.7 Å². The van der Waals surface area contributed by atoms with Gasteiger partial charge in [-0.1, -0.05) is 11.6 Å². The summed E-state index contributed by atoms with van der Waals surface area (Å²) < 4.78 is 6.68. The molecule has 2 aromatic rings. The van der Waals surface area contributed by atoms with Gasteiger partial charge >= 0.3 is 0 Å². The summed E-state index contributed by atoms with van der Waals surface area (Å²) in [6.45, 7) is 0. The highest BCUT2D eigenvalue weighted by molar-refractivity contribution is 14.1. The summed E-state index contributed by atoms with van der Waals surface area (Å²) in [5, 5.41) is 0.694. The second-order valence-corrected chi connectivity index (χ2v) is 4.84. The Kier molecular flexibility index (Phi) is 3.56. The number of hydrogen-bond donors (Lipinski definition) is 1. The molecule has 0 aliphatic rings. The monoisotopic (exact) mass is 345 g/mol. The summed E-state index contributed by atoms with van der Waals surface area (Å²) in [5.41, 5.74) is 6.39. The summed E-state index contributed by atoms with van der Waals surface area (Å²) in [6, 6.07) is 12.8. The maximum Gasteiger partial charge on any atom is 0.140 e. The van der Waals surface area contributed by atoms with E-state index in [2.05, 4.69) is 22.6 Å². The molecule has 0 aliphatic heterocycles. The molecule has 2 rings (SSSR count). The lowest BCUT2D eigenvalue weighted by Crippen LogP contribution is -1.90. The van der Waals surface area contributed by atoms with Crippen molar-refractivity contribution in [2.45, 2.75) is 0 Å². The van der Waals surface area contributed by atoms with Gasteiger partial charge in [0.25, 0.3) is 0 Å². The Morgan fingerprint density at radius 2 is 1.75 bits per heavy atom. The molecule has 82 valence electrons. The summed E-state index contributed by atoms with van der Waals surface area (Å²) in [4.78, 5) is 0. The van der Waals surface area contributed by atoms with Crippen LogP contribution in [0.2, 0.25) is 5.02 Å². The third kappa shape index (κ3) is 2.80. The quantitative estimate of drug-likeness (QED) is 0.650. The number of nitrogen functional groups attached to an aromatic ring is 1. The molecule has 0 atom stereocenters. The maximum absolute atomic E-state index is 5.79. The SMILES string of the molecule is Nc1ccc(Oc2ccc(Cl)cc2)c(I)c1. The molecule has 16 heavy (non-hydrogen) atoms. The van der Waals surface area contributed by atoms with Crippen LogP contribution in [0.1, 0.15) is 0 Å². The number of nitrogens with two attached hydrogens (primary N) is 1. The van der Waals surface area contributed by atoms with Gasteiger partial charge in [0.15, 0.2) is 0 Å². The first-order valence-corrected chi connectivity index (χ1v) is 6.09. The van der Waals surface area contributed by atoms with E-state index in [0.29, 0.717) is 5.02 Å². The van der Waals surface area contributed by atoms with Crippen molar-refractivity contribution < 1.29 is 4.74 Å². The van der Waals surface area contributed by atoms with E-state index >= 15 is 0 Å². The summed E-state index contributed by atoms with van der Waals surface area (Å²) in [6.07, 6.45) is 0. The van der Waals surface area contributed by atoms with E-state index in [1.165, 1.54) is 0 Å². The zero-order valence-electron chi connectivity index (χ0n) is 8.28. The van der Waals surface area contributed by atoms with Crippen LogP contribution in [0.15, 0.2) is 42.5 Å². The van der Waals surface area contributed by atoms with Gasteiger partial charge in [-0.3, -0.25) is 0 Å². The van der Waals surface area contributed by atoms with Crippen LogP contribution in [0.3, 0.4) is 0 Å². The molecule has 2 aromatic carbocycles. The van der Waals surface area contributed by atoms with Crippen LogP contribution in [0.4, 0.5) is 5.69 Å². The third-order valence-electron chi connectivity index (χ3n) is 2.00. The Morgan fingerprint density at radius 1 is 1.06 bits per heavy atom. The van der Waals surface area contributed by atoms with E-state index in [0.717, 1.165) is 20.8 Å². The molecular formula is C12H9ClINO. The minimum Gasteiger partial charge on any atom is -0.456 e. The molecule has 0 saturated heterocycles. The molecule has 0 fully saturated rings. The highest BCUT2D eigenvalue weighted by Gasteiger charge is 2.02. The Balaban J connectivity index is 2.23. The van der Waals surface area contributed by atoms with Gasteiger partial charge in [-0.15, -0.1) is 0 Å². The van der Waals surface area contributed by atoms with Crippen molar-refractivity contribution in [2.24, 2.45) is 0 Å². The van der Waals surface area contributed by atoms with Crippen molar-refractivity contribution in [3.05, 3.63) is 51.1 Å². The molecule has 0 amide bonds. The Labute approximate surface area is 113 Å². The summed E-state index contributed by atoms with van der Waals surface area (Å²) >= 11 is 7.98. The molecule has 0 radical (unpaired) electrons. The van der Waals surface area contributed by atoms with Crippen LogP contribution in [0.5, 0.6) is 11.5 Å². The van der Waals surface area contributed by atoms with Gasteiger partial charge in [-0.05, 0) is 65.1 Å². The average molecular weight is 346 g/mol. The average Bonchev–Trinajstić information content (AvgIpc) is 2.25. The van der Waals surface area contributed by atoms with E-state index in [9.17, 15) is 0 Å². The van der Waals surface area contributed by atoms with E-state index in [1.807, 2.05) is 30.3 Å². The Hall–Kier alpha value is -0.940. The van der Waals surface area contributed by atoms with Crippen molar-refractivity contribution in [3.8, 4) is 11.5 Å². The van der Waals surface area contributed by atoms with Crippen LogP contribution < -0.4 is 10.5 Å². The number of ether oxygens (including phenoxy) is 1. The summed E-state index contributed by atoms with van der Waals surface area (Å²) in [5.74, 6) is 1.55. The lowest BCUT2D eigenvalue weighted by Gasteiger charge is -2.08. The molecule has 0 spiro atoms. The molecule has 2 nitrogen and oxygen atoms in total. The lowest BCUT2D eigenvalue weighted by atomic mass is 10.3. The van der Waals surface area contributed by atoms with Gasteiger partial charge in [0.2, 0.25) is 0 Å². The maximum atomic E-state index is 5.79. The minimum absolute atomic E-state index is 0.694. The van der Waals surface area contributed by atoms with Crippen molar-refractivity contribution >= 4 is 39.9 Å². The third-order valence-corrected chi connectivity index (χ3v) is 3.09. The predicted molar refractivity (Wildman–Crippen MR) is 75.1 cm³/mol. The number of hydrogen-bond acceptors (Lipinski definition) is 2. The Bertz CT molecular complexity index is 499. The lowest BCUT2D eigenvalue weighted by molar-refractivity contribution is 0.479. The molecule has 0 unspecified atom stereocenters. The zero-order chi connectivity index (χ0) is 11.5. The minimum atomic E-state index is 0.694. The molecule has 2 N–H and O–H groups in total. The van der Waals surface area contributed by atoms with Crippen LogP contribution in [0.25, 0.3) is 0 Å². The van der Waals surface area contributed by atoms with Crippen LogP contribution in [0, 0.1) is 3.57 Å². The van der Waals surface area contributed by atoms with Crippen LogP contribution in [-0.4, -0.2) is 0 Å². The molecule has 0 aromatic heterocycles. The number of rotatable bonds is 2. The van der Waals surface area contributed by atoms with Gasteiger partial charge in [-0.25, -0.2) is 0 Å². The van der Waals surface area contributed by atoms with E-state index in [-0.39, 0.29) is 0 Å². The molecular weight excluding hydrogens is 336 g/mol. The second kappa shape index (κ2) is 4.93. The highest BCUT2D eigenvalue weighted by atomic mass is 127. The van der Waals surface area contributed by atoms with E-state index in [4.69, 9.17) is 22.1 Å². The van der Waals surface area contributed by atoms with Gasteiger partial charge in [0.1, 0.15) is 11.5 Å². The van der Waals surface area contributed by atoms with Crippen LogP contribution >= 0.6 is 34.2 Å². The molecule has 0 aliphatic carbocycles. The molecule has 0 heterocycles.